The average molecular weight is 286 g/mol. The van der Waals surface area contributed by atoms with Crippen LogP contribution in [0, 0.1) is 5.92 Å². The van der Waals surface area contributed by atoms with E-state index >= 15 is 0 Å². The first-order valence-corrected chi connectivity index (χ1v) is 7.33. The first-order valence-electron chi connectivity index (χ1n) is 5.51. The molecule has 7 heteroatoms. The molecule has 1 saturated heterocycles. The maximum absolute atomic E-state index is 11.7. The molecule has 1 rings (SSSR count). The molecule has 102 valence electrons. The molecule has 1 N–H and O–H groups in total. The Balaban J connectivity index is 0.00000256. The van der Waals surface area contributed by atoms with Gasteiger partial charge < -0.3 is 10.1 Å². The normalized spacial score (nSPS) is 17.2. The highest BCUT2D eigenvalue weighted by atomic mass is 35.5. The highest BCUT2D eigenvalue weighted by Crippen LogP contribution is 2.15. The molecule has 0 amide bonds. The summed E-state index contributed by atoms with van der Waals surface area (Å²) in [4.78, 5) is 10.9. The van der Waals surface area contributed by atoms with E-state index in [0.29, 0.717) is 0 Å². The number of nitrogens with one attached hydrogen (secondary N) is 1. The van der Waals surface area contributed by atoms with Crippen LogP contribution in [0.25, 0.3) is 0 Å². The van der Waals surface area contributed by atoms with E-state index in [1.165, 1.54) is 7.11 Å². The molecule has 0 saturated carbocycles. The van der Waals surface area contributed by atoms with Gasteiger partial charge in [-0.3, -0.25) is 4.79 Å². The molecule has 1 fully saturated rings. The lowest BCUT2D eigenvalue weighted by Crippen LogP contribution is -2.32. The van der Waals surface area contributed by atoms with Crippen molar-refractivity contribution in [2.45, 2.75) is 19.3 Å². The molecule has 0 unspecified atom stereocenters. The molecule has 0 spiro atoms. The first kappa shape index (κ1) is 16.7. The molecule has 1 aliphatic heterocycles. The summed E-state index contributed by atoms with van der Waals surface area (Å²) < 4.78 is 27.8. The quantitative estimate of drug-likeness (QED) is 0.740. The summed E-state index contributed by atoms with van der Waals surface area (Å²) in [5, 5.41) is 3.19. The van der Waals surface area contributed by atoms with Crippen LogP contribution >= 0.6 is 12.4 Å². The highest BCUT2D eigenvalue weighted by Gasteiger charge is 2.21. The molecular formula is C10H20ClNO4S. The van der Waals surface area contributed by atoms with Crippen molar-refractivity contribution in [1.29, 1.82) is 0 Å². The minimum absolute atomic E-state index is 0. The maximum atomic E-state index is 11.7. The lowest BCUT2D eigenvalue weighted by atomic mass is 10.0. The molecule has 0 aromatic heterocycles. The monoisotopic (exact) mass is 285 g/mol. The van der Waals surface area contributed by atoms with Crippen molar-refractivity contribution in [1.82, 2.24) is 5.32 Å². The minimum Gasteiger partial charge on any atom is -0.469 e. The predicted molar refractivity (Wildman–Crippen MR) is 68.1 cm³/mol. The van der Waals surface area contributed by atoms with Gasteiger partial charge in [0.2, 0.25) is 0 Å². The number of ether oxygens (including phenoxy) is 1. The number of carbonyl (C=O) groups excluding carboxylic acids is 1. The molecular weight excluding hydrogens is 266 g/mol. The third-order valence-corrected chi connectivity index (χ3v) is 4.60. The van der Waals surface area contributed by atoms with Gasteiger partial charge >= 0.3 is 5.97 Å². The van der Waals surface area contributed by atoms with E-state index < -0.39 is 15.8 Å². The zero-order valence-corrected chi connectivity index (χ0v) is 11.6. The van der Waals surface area contributed by atoms with Crippen LogP contribution in [-0.4, -0.2) is 46.1 Å². The Hall–Kier alpha value is -0.330. The van der Waals surface area contributed by atoms with Crippen LogP contribution in [0.15, 0.2) is 0 Å². The van der Waals surface area contributed by atoms with E-state index in [9.17, 15) is 13.2 Å². The third-order valence-electron chi connectivity index (χ3n) is 2.79. The van der Waals surface area contributed by atoms with E-state index in [0.717, 1.165) is 25.9 Å². The molecule has 1 heterocycles. The summed E-state index contributed by atoms with van der Waals surface area (Å²) in [5.74, 6) is -0.118. The van der Waals surface area contributed by atoms with Gasteiger partial charge in [-0.25, -0.2) is 8.42 Å². The highest BCUT2D eigenvalue weighted by molar-refractivity contribution is 7.91. The van der Waals surface area contributed by atoms with Crippen molar-refractivity contribution in [2.24, 2.45) is 5.92 Å². The minimum atomic E-state index is -3.11. The van der Waals surface area contributed by atoms with Crippen LogP contribution < -0.4 is 5.32 Å². The number of hydrogen-bond acceptors (Lipinski definition) is 5. The molecule has 17 heavy (non-hydrogen) atoms. The van der Waals surface area contributed by atoms with Gasteiger partial charge in [0, 0.05) is 0 Å². The fourth-order valence-electron chi connectivity index (χ4n) is 1.83. The average Bonchev–Trinajstić information content (AvgIpc) is 2.27. The van der Waals surface area contributed by atoms with Gasteiger partial charge in [0.1, 0.15) is 0 Å². The number of hydrogen-bond donors (Lipinski definition) is 1. The standard InChI is InChI=1S/C10H19NO4S.ClH/c1-15-10(12)4-7-16(13,14)8-9-2-5-11-6-3-9;/h9,11H,2-8H2,1H3;1H. The van der Waals surface area contributed by atoms with Crippen LogP contribution in [0.4, 0.5) is 0 Å². The Bertz CT molecular complexity index is 325. The molecule has 0 radical (unpaired) electrons. The number of esters is 1. The Labute approximate surface area is 109 Å². The molecule has 1 aliphatic rings. The fraction of sp³-hybridized carbons (Fsp3) is 0.900. The van der Waals surface area contributed by atoms with Crippen molar-refractivity contribution >= 4 is 28.2 Å². The molecule has 0 aromatic rings. The van der Waals surface area contributed by atoms with Crippen molar-refractivity contribution in [2.75, 3.05) is 31.7 Å². The lowest BCUT2D eigenvalue weighted by molar-refractivity contribution is -0.140. The summed E-state index contributed by atoms with van der Waals surface area (Å²) in [7, 11) is -1.85. The predicted octanol–water partition coefficient (Wildman–Crippen LogP) is 0.386. The Kier molecular flexibility index (Phi) is 7.74. The van der Waals surface area contributed by atoms with Crippen molar-refractivity contribution in [3.8, 4) is 0 Å². The van der Waals surface area contributed by atoms with Gasteiger partial charge in [0.25, 0.3) is 0 Å². The van der Waals surface area contributed by atoms with E-state index in [4.69, 9.17) is 0 Å². The lowest BCUT2D eigenvalue weighted by Gasteiger charge is -2.22. The van der Waals surface area contributed by atoms with Gasteiger partial charge in [-0.05, 0) is 31.8 Å². The SMILES string of the molecule is COC(=O)CCS(=O)(=O)CC1CCNCC1.Cl. The molecule has 0 atom stereocenters. The number of sulfone groups is 1. The Morgan fingerprint density at radius 2 is 1.94 bits per heavy atom. The van der Waals surface area contributed by atoms with Crippen LogP contribution in [0.1, 0.15) is 19.3 Å². The van der Waals surface area contributed by atoms with Crippen molar-refractivity contribution in [3.63, 3.8) is 0 Å². The summed E-state index contributed by atoms with van der Waals surface area (Å²) in [6.45, 7) is 1.77. The van der Waals surface area contributed by atoms with E-state index in [1.54, 1.807) is 0 Å². The zero-order chi connectivity index (χ0) is 12.0. The summed E-state index contributed by atoms with van der Waals surface area (Å²) >= 11 is 0. The second kappa shape index (κ2) is 7.89. The van der Waals surface area contributed by atoms with Gasteiger partial charge in [-0.15, -0.1) is 12.4 Å². The zero-order valence-electron chi connectivity index (χ0n) is 9.98. The van der Waals surface area contributed by atoms with Gasteiger partial charge in [0.15, 0.2) is 9.84 Å². The van der Waals surface area contributed by atoms with Crippen molar-refractivity contribution < 1.29 is 17.9 Å². The number of piperidine rings is 1. The third kappa shape index (κ3) is 6.85. The summed E-state index contributed by atoms with van der Waals surface area (Å²) in [5.41, 5.74) is 0. The largest absolute Gasteiger partial charge is 0.469 e. The number of halogens is 1. The summed E-state index contributed by atoms with van der Waals surface area (Å²) in [6.07, 6.45) is 1.76. The van der Waals surface area contributed by atoms with E-state index in [-0.39, 0.29) is 36.3 Å². The number of rotatable bonds is 5. The molecule has 5 nitrogen and oxygen atoms in total. The van der Waals surface area contributed by atoms with Crippen LogP contribution in [0.3, 0.4) is 0 Å². The van der Waals surface area contributed by atoms with Gasteiger partial charge in [-0.1, -0.05) is 0 Å². The molecule has 0 aromatic carbocycles. The smallest absolute Gasteiger partial charge is 0.306 e. The maximum Gasteiger partial charge on any atom is 0.306 e. The number of carbonyl (C=O) groups is 1. The molecule has 0 aliphatic carbocycles. The Morgan fingerprint density at radius 1 is 1.35 bits per heavy atom. The molecule has 0 bridgehead atoms. The topological polar surface area (TPSA) is 72.5 Å². The van der Waals surface area contributed by atoms with Crippen LogP contribution in [0.2, 0.25) is 0 Å². The number of methoxy groups -OCH3 is 1. The second-order valence-electron chi connectivity index (χ2n) is 4.13. The Morgan fingerprint density at radius 3 is 2.47 bits per heavy atom. The fourth-order valence-corrected chi connectivity index (χ4v) is 3.53. The summed E-state index contributed by atoms with van der Waals surface area (Å²) in [6, 6.07) is 0. The second-order valence-corrected chi connectivity index (χ2v) is 6.36. The van der Waals surface area contributed by atoms with Crippen molar-refractivity contribution in [3.05, 3.63) is 0 Å². The first-order chi connectivity index (χ1) is 7.53. The van der Waals surface area contributed by atoms with Gasteiger partial charge in [0.05, 0.1) is 25.0 Å². The van der Waals surface area contributed by atoms with Crippen LogP contribution in [0.5, 0.6) is 0 Å². The van der Waals surface area contributed by atoms with E-state index in [2.05, 4.69) is 10.1 Å². The van der Waals surface area contributed by atoms with Gasteiger partial charge in [-0.2, -0.15) is 0 Å². The van der Waals surface area contributed by atoms with Crippen LogP contribution in [-0.2, 0) is 19.4 Å². The van der Waals surface area contributed by atoms with E-state index in [1.807, 2.05) is 0 Å².